The molecule has 3 nitrogen and oxygen atoms in total. The van der Waals surface area contributed by atoms with Gasteiger partial charge in [-0.15, -0.1) is 0 Å². The van der Waals surface area contributed by atoms with E-state index in [0.717, 1.165) is 10.8 Å². The summed E-state index contributed by atoms with van der Waals surface area (Å²) in [6.07, 6.45) is 1.72. The van der Waals surface area contributed by atoms with Crippen LogP contribution in [0, 0.1) is 6.92 Å². The van der Waals surface area contributed by atoms with E-state index in [1.165, 1.54) is 0 Å². The molecule has 19 heavy (non-hydrogen) atoms. The first kappa shape index (κ1) is 12.3. The third-order valence-electron chi connectivity index (χ3n) is 2.91. The Labute approximate surface area is 120 Å². The van der Waals surface area contributed by atoms with Gasteiger partial charge in [-0.05, 0) is 18.4 Å². The maximum Gasteiger partial charge on any atom is 0.181 e. The van der Waals surface area contributed by atoms with E-state index in [9.17, 15) is 0 Å². The first-order valence-electron chi connectivity index (χ1n) is 5.70. The fraction of sp³-hybridized carbons (Fsp3) is 0.0714. The lowest BCUT2D eigenvalue weighted by atomic mass is 10.1. The van der Waals surface area contributed by atoms with E-state index in [0.29, 0.717) is 27.4 Å². The molecule has 0 aliphatic carbocycles. The van der Waals surface area contributed by atoms with Crippen LogP contribution in [0.25, 0.3) is 22.3 Å². The smallest absolute Gasteiger partial charge is 0.181 e. The Hall–Kier alpha value is -1.71. The molecule has 5 heteroatoms. The quantitative estimate of drug-likeness (QED) is 0.627. The highest BCUT2D eigenvalue weighted by Crippen LogP contribution is 2.28. The van der Waals surface area contributed by atoms with Gasteiger partial charge in [0.15, 0.2) is 5.82 Å². The number of pyridine rings is 1. The zero-order valence-electron chi connectivity index (χ0n) is 10.1. The molecule has 0 N–H and O–H groups in total. The molecule has 0 saturated carbocycles. The fourth-order valence-electron chi connectivity index (χ4n) is 1.87. The predicted molar refractivity (Wildman–Crippen MR) is 77.5 cm³/mol. The largest absolute Gasteiger partial charge is 0.252 e. The van der Waals surface area contributed by atoms with Gasteiger partial charge in [0.25, 0.3) is 0 Å². The van der Waals surface area contributed by atoms with Crippen molar-refractivity contribution < 1.29 is 0 Å². The summed E-state index contributed by atoms with van der Waals surface area (Å²) in [4.78, 5) is 12.9. The van der Waals surface area contributed by atoms with Crippen molar-refractivity contribution in [1.82, 2.24) is 15.0 Å². The molecule has 0 spiro atoms. The Morgan fingerprint density at radius 3 is 2.37 bits per heavy atom. The van der Waals surface area contributed by atoms with Gasteiger partial charge in [0, 0.05) is 17.1 Å². The number of benzene rings is 1. The SMILES string of the molecule is Cc1c(Cl)nc(-c2nccc3ccccc23)nc1Cl. The van der Waals surface area contributed by atoms with Gasteiger partial charge in [-0.25, -0.2) is 9.97 Å². The average Bonchev–Trinajstić information content (AvgIpc) is 2.43. The van der Waals surface area contributed by atoms with Gasteiger partial charge in [0.1, 0.15) is 16.0 Å². The summed E-state index contributed by atoms with van der Waals surface area (Å²) in [5, 5.41) is 2.75. The summed E-state index contributed by atoms with van der Waals surface area (Å²) >= 11 is 12.1. The number of halogens is 2. The molecule has 0 bridgehead atoms. The summed E-state index contributed by atoms with van der Waals surface area (Å²) < 4.78 is 0. The van der Waals surface area contributed by atoms with Crippen LogP contribution < -0.4 is 0 Å². The lowest BCUT2D eigenvalue weighted by Gasteiger charge is -2.06. The minimum atomic E-state index is 0.352. The summed E-state index contributed by atoms with van der Waals surface area (Å²) in [5.74, 6) is 0.442. The normalized spacial score (nSPS) is 10.9. The van der Waals surface area contributed by atoms with Gasteiger partial charge in [-0.3, -0.25) is 4.98 Å². The first-order valence-corrected chi connectivity index (χ1v) is 6.46. The molecular weight excluding hydrogens is 281 g/mol. The van der Waals surface area contributed by atoms with Crippen molar-refractivity contribution in [3.8, 4) is 11.5 Å². The number of hydrogen-bond donors (Lipinski definition) is 0. The van der Waals surface area contributed by atoms with E-state index < -0.39 is 0 Å². The van der Waals surface area contributed by atoms with Gasteiger partial charge < -0.3 is 0 Å². The monoisotopic (exact) mass is 289 g/mol. The molecule has 2 heterocycles. The van der Waals surface area contributed by atoms with E-state index >= 15 is 0 Å². The van der Waals surface area contributed by atoms with Gasteiger partial charge in [-0.2, -0.15) is 0 Å². The highest BCUT2D eigenvalue weighted by molar-refractivity contribution is 6.34. The van der Waals surface area contributed by atoms with Crippen LogP contribution in [0.5, 0.6) is 0 Å². The van der Waals surface area contributed by atoms with Crippen LogP contribution in [-0.4, -0.2) is 15.0 Å². The number of aromatic nitrogens is 3. The molecule has 1 aromatic carbocycles. The van der Waals surface area contributed by atoms with Crippen LogP contribution in [0.15, 0.2) is 36.5 Å². The molecule has 2 aromatic heterocycles. The minimum absolute atomic E-state index is 0.352. The Kier molecular flexibility index (Phi) is 3.09. The molecule has 3 rings (SSSR count). The maximum atomic E-state index is 6.06. The van der Waals surface area contributed by atoms with E-state index in [1.54, 1.807) is 13.1 Å². The van der Waals surface area contributed by atoms with Crippen molar-refractivity contribution >= 4 is 34.0 Å². The third-order valence-corrected chi connectivity index (χ3v) is 3.65. The van der Waals surface area contributed by atoms with Gasteiger partial charge in [0.2, 0.25) is 0 Å². The van der Waals surface area contributed by atoms with Gasteiger partial charge in [0.05, 0.1) is 0 Å². The molecule has 0 aliphatic heterocycles. The molecule has 0 saturated heterocycles. The van der Waals surface area contributed by atoms with Gasteiger partial charge >= 0.3 is 0 Å². The lowest BCUT2D eigenvalue weighted by molar-refractivity contribution is 1.12. The molecule has 0 atom stereocenters. The summed E-state index contributed by atoms with van der Waals surface area (Å²) in [6, 6.07) is 9.85. The molecule has 0 radical (unpaired) electrons. The Bertz CT molecular complexity index is 743. The second kappa shape index (κ2) is 4.76. The van der Waals surface area contributed by atoms with Crippen LogP contribution in [0.1, 0.15) is 5.56 Å². The first-order chi connectivity index (χ1) is 9.16. The second-order valence-electron chi connectivity index (χ2n) is 4.13. The second-order valence-corrected chi connectivity index (χ2v) is 4.85. The molecule has 0 amide bonds. The minimum Gasteiger partial charge on any atom is -0.252 e. The molecule has 0 unspecified atom stereocenters. The van der Waals surface area contributed by atoms with Crippen molar-refractivity contribution in [2.75, 3.05) is 0 Å². The Balaban J connectivity index is 2.31. The van der Waals surface area contributed by atoms with Crippen molar-refractivity contribution in [1.29, 1.82) is 0 Å². The van der Waals surface area contributed by atoms with Crippen molar-refractivity contribution in [2.24, 2.45) is 0 Å². The molecular formula is C14H9Cl2N3. The summed E-state index contributed by atoms with van der Waals surface area (Å²) in [5.41, 5.74) is 1.36. The molecule has 94 valence electrons. The zero-order chi connectivity index (χ0) is 13.4. The maximum absolute atomic E-state index is 6.06. The molecule has 0 fully saturated rings. The van der Waals surface area contributed by atoms with Crippen LogP contribution in [0.2, 0.25) is 10.3 Å². The van der Waals surface area contributed by atoms with Gasteiger partial charge in [-0.1, -0.05) is 47.5 Å². The highest BCUT2D eigenvalue weighted by Gasteiger charge is 2.12. The van der Waals surface area contributed by atoms with Crippen molar-refractivity contribution in [2.45, 2.75) is 6.92 Å². The average molecular weight is 290 g/mol. The number of rotatable bonds is 1. The van der Waals surface area contributed by atoms with E-state index in [1.807, 2.05) is 30.3 Å². The van der Waals surface area contributed by atoms with E-state index in [-0.39, 0.29) is 0 Å². The van der Waals surface area contributed by atoms with Crippen LogP contribution in [0.3, 0.4) is 0 Å². The summed E-state index contributed by atoms with van der Waals surface area (Å²) in [7, 11) is 0. The van der Waals surface area contributed by atoms with E-state index in [2.05, 4.69) is 15.0 Å². The van der Waals surface area contributed by atoms with Crippen LogP contribution >= 0.6 is 23.2 Å². The van der Waals surface area contributed by atoms with Crippen LogP contribution in [0.4, 0.5) is 0 Å². The fourth-order valence-corrected chi connectivity index (χ4v) is 2.25. The molecule has 0 aliphatic rings. The topological polar surface area (TPSA) is 38.7 Å². The number of hydrogen-bond acceptors (Lipinski definition) is 3. The zero-order valence-corrected chi connectivity index (χ0v) is 11.6. The standard InChI is InChI=1S/C14H9Cl2N3/c1-8-12(15)18-14(19-13(8)16)11-10-5-3-2-4-9(10)6-7-17-11/h2-7H,1H3. The van der Waals surface area contributed by atoms with Crippen molar-refractivity contribution in [3.05, 3.63) is 52.4 Å². The lowest BCUT2D eigenvalue weighted by Crippen LogP contribution is -1.96. The Morgan fingerprint density at radius 2 is 1.63 bits per heavy atom. The highest BCUT2D eigenvalue weighted by atomic mass is 35.5. The number of nitrogens with zero attached hydrogens (tertiary/aromatic N) is 3. The van der Waals surface area contributed by atoms with Crippen molar-refractivity contribution in [3.63, 3.8) is 0 Å². The van der Waals surface area contributed by atoms with Crippen LogP contribution in [-0.2, 0) is 0 Å². The molecule has 3 aromatic rings. The van der Waals surface area contributed by atoms with E-state index in [4.69, 9.17) is 23.2 Å². The third kappa shape index (κ3) is 2.15. The summed E-state index contributed by atoms with van der Waals surface area (Å²) in [6.45, 7) is 1.78. The Morgan fingerprint density at radius 1 is 0.947 bits per heavy atom. The number of fused-ring (bicyclic) bond motifs is 1. The predicted octanol–water partition coefficient (Wildman–Crippen LogP) is 4.31.